The van der Waals surface area contributed by atoms with E-state index in [1.165, 1.54) is 19.1 Å². The molecule has 0 bridgehead atoms. The number of hydrogen-bond acceptors (Lipinski definition) is 5. The van der Waals surface area contributed by atoms with E-state index in [-0.39, 0.29) is 17.3 Å². The lowest BCUT2D eigenvalue weighted by Crippen LogP contribution is -2.26. The van der Waals surface area contributed by atoms with Crippen molar-refractivity contribution in [1.29, 1.82) is 0 Å². The molecule has 1 fully saturated rings. The van der Waals surface area contributed by atoms with Crippen molar-refractivity contribution in [2.24, 2.45) is 0 Å². The van der Waals surface area contributed by atoms with E-state index >= 15 is 0 Å². The number of hydrogen-bond donors (Lipinski definition) is 3. The number of anilines is 3. The number of pyridine rings is 1. The van der Waals surface area contributed by atoms with Crippen LogP contribution in [0.1, 0.15) is 43.0 Å². The molecule has 0 spiro atoms. The quantitative estimate of drug-likeness (QED) is 0.640. The van der Waals surface area contributed by atoms with Crippen molar-refractivity contribution in [2.75, 3.05) is 15.4 Å². The number of aromatic nitrogens is 1. The molecule has 2 aromatic rings. The minimum absolute atomic E-state index is 0.0140. The van der Waals surface area contributed by atoms with E-state index < -0.39 is 44.2 Å². The molecule has 11 heteroatoms. The van der Waals surface area contributed by atoms with Gasteiger partial charge >= 0.3 is 0 Å². The van der Waals surface area contributed by atoms with Gasteiger partial charge in [-0.2, -0.15) is 0 Å². The highest BCUT2D eigenvalue weighted by Gasteiger charge is 2.30. The molecular weight excluding hydrogens is 418 g/mol. The molecule has 1 saturated carbocycles. The fourth-order valence-electron chi connectivity index (χ4n) is 3.15. The smallest absolute Gasteiger partial charge is 0.257 e. The Balaban J connectivity index is 1.79. The molecule has 0 unspecified atom stereocenters. The van der Waals surface area contributed by atoms with E-state index in [0.717, 1.165) is 31.2 Å². The first-order valence-corrected chi connectivity index (χ1v) is 10.8. The second kappa shape index (κ2) is 8.74. The topological polar surface area (TPSA) is 117 Å². The zero-order chi connectivity index (χ0) is 21.9. The second-order valence-electron chi connectivity index (χ2n) is 6.90. The summed E-state index contributed by atoms with van der Waals surface area (Å²) in [5.41, 5.74) is -1.24. The third-order valence-corrected chi connectivity index (χ3v) is 6.51. The fourth-order valence-corrected chi connectivity index (χ4v) is 4.73. The molecule has 3 N–H and O–H groups in total. The number of amides is 2. The van der Waals surface area contributed by atoms with Gasteiger partial charge in [0.25, 0.3) is 5.91 Å². The number of carbonyl (C=O) groups excluding carboxylic acids is 2. The molecule has 0 saturated heterocycles. The van der Waals surface area contributed by atoms with E-state index in [1.807, 2.05) is 0 Å². The van der Waals surface area contributed by atoms with Gasteiger partial charge in [-0.1, -0.05) is 12.8 Å². The summed E-state index contributed by atoms with van der Waals surface area (Å²) in [6.45, 7) is 1.29. The molecular formula is C19H20F2N4O4S. The highest BCUT2D eigenvalue weighted by atomic mass is 32.2. The van der Waals surface area contributed by atoms with Gasteiger partial charge < -0.3 is 10.6 Å². The van der Waals surface area contributed by atoms with Crippen LogP contribution in [-0.4, -0.2) is 30.5 Å². The lowest BCUT2D eigenvalue weighted by Gasteiger charge is -2.16. The molecule has 30 heavy (non-hydrogen) atoms. The molecule has 0 aliphatic heterocycles. The number of nitrogens with one attached hydrogen (secondary N) is 3. The van der Waals surface area contributed by atoms with Crippen molar-refractivity contribution in [3.05, 3.63) is 47.7 Å². The van der Waals surface area contributed by atoms with Crippen molar-refractivity contribution in [2.45, 2.75) is 37.9 Å². The molecule has 3 rings (SSSR count). The highest BCUT2D eigenvalue weighted by molar-refractivity contribution is 7.93. The number of carbonyl (C=O) groups is 2. The first-order valence-electron chi connectivity index (χ1n) is 9.22. The Morgan fingerprint density at radius 3 is 2.37 bits per heavy atom. The number of halogens is 2. The fraction of sp³-hybridized carbons (Fsp3) is 0.316. The first kappa shape index (κ1) is 21.6. The maximum atomic E-state index is 14.8. The summed E-state index contributed by atoms with van der Waals surface area (Å²) in [7, 11) is -3.83. The molecule has 1 aromatic carbocycles. The van der Waals surface area contributed by atoms with Crippen molar-refractivity contribution in [3.63, 3.8) is 0 Å². The molecule has 0 atom stereocenters. The Morgan fingerprint density at radius 1 is 1.07 bits per heavy atom. The Kier molecular flexibility index (Phi) is 6.30. The standard InChI is InChI=1S/C19H20F2N4O4S/c1-11(26)23-16-9-6-12(10-22-16)19(27)24-18-14(20)7-8-15(17(18)21)25-30(28,29)13-4-2-3-5-13/h6-10,13,25H,2-5H2,1H3,(H,24,27)(H,22,23,26). The summed E-state index contributed by atoms with van der Waals surface area (Å²) in [6.07, 6.45) is 3.62. The van der Waals surface area contributed by atoms with E-state index in [9.17, 15) is 26.8 Å². The largest absolute Gasteiger partial charge is 0.317 e. The van der Waals surface area contributed by atoms with Gasteiger partial charge in [0.2, 0.25) is 15.9 Å². The summed E-state index contributed by atoms with van der Waals surface area (Å²) in [5, 5.41) is 3.89. The van der Waals surface area contributed by atoms with Gasteiger partial charge in [0.05, 0.1) is 16.5 Å². The van der Waals surface area contributed by atoms with Crippen LogP contribution in [0.4, 0.5) is 26.0 Å². The maximum Gasteiger partial charge on any atom is 0.257 e. The number of nitrogens with zero attached hydrogens (tertiary/aromatic N) is 1. The van der Waals surface area contributed by atoms with Crippen LogP contribution < -0.4 is 15.4 Å². The lowest BCUT2D eigenvalue weighted by atomic mass is 10.2. The van der Waals surface area contributed by atoms with E-state index in [1.54, 1.807) is 0 Å². The number of sulfonamides is 1. The predicted octanol–water partition coefficient (Wildman–Crippen LogP) is 3.25. The Hall–Kier alpha value is -3.08. The molecule has 2 amide bonds. The van der Waals surface area contributed by atoms with E-state index in [0.29, 0.717) is 12.8 Å². The van der Waals surface area contributed by atoms with Crippen LogP contribution in [-0.2, 0) is 14.8 Å². The van der Waals surface area contributed by atoms with Crippen LogP contribution in [0.3, 0.4) is 0 Å². The summed E-state index contributed by atoms with van der Waals surface area (Å²) < 4.78 is 55.9. The maximum absolute atomic E-state index is 14.8. The van der Waals surface area contributed by atoms with Crippen LogP contribution >= 0.6 is 0 Å². The van der Waals surface area contributed by atoms with Crippen molar-refractivity contribution in [1.82, 2.24) is 4.98 Å². The Morgan fingerprint density at radius 2 is 1.77 bits per heavy atom. The zero-order valence-electron chi connectivity index (χ0n) is 16.0. The second-order valence-corrected chi connectivity index (χ2v) is 8.87. The van der Waals surface area contributed by atoms with Gasteiger partial charge in [0.1, 0.15) is 17.3 Å². The monoisotopic (exact) mass is 438 g/mol. The van der Waals surface area contributed by atoms with Crippen molar-refractivity contribution < 1.29 is 26.8 Å². The van der Waals surface area contributed by atoms with Crippen LogP contribution in [0.15, 0.2) is 30.5 Å². The van der Waals surface area contributed by atoms with Crippen LogP contribution in [0.2, 0.25) is 0 Å². The average Bonchev–Trinajstić information content (AvgIpc) is 3.23. The molecule has 1 heterocycles. The predicted molar refractivity (Wildman–Crippen MR) is 108 cm³/mol. The number of benzene rings is 1. The van der Waals surface area contributed by atoms with Gasteiger partial charge in [0.15, 0.2) is 5.82 Å². The van der Waals surface area contributed by atoms with Crippen LogP contribution in [0, 0.1) is 11.6 Å². The van der Waals surface area contributed by atoms with Gasteiger partial charge in [-0.3, -0.25) is 14.3 Å². The summed E-state index contributed by atoms with van der Waals surface area (Å²) >= 11 is 0. The van der Waals surface area contributed by atoms with Crippen LogP contribution in [0.5, 0.6) is 0 Å². The minimum Gasteiger partial charge on any atom is -0.317 e. The zero-order valence-corrected chi connectivity index (χ0v) is 16.9. The third kappa shape index (κ3) is 4.90. The average molecular weight is 438 g/mol. The lowest BCUT2D eigenvalue weighted by molar-refractivity contribution is -0.114. The summed E-state index contributed by atoms with van der Waals surface area (Å²) in [6, 6.07) is 4.51. The van der Waals surface area contributed by atoms with Crippen molar-refractivity contribution in [3.8, 4) is 0 Å². The van der Waals surface area contributed by atoms with Gasteiger partial charge in [-0.05, 0) is 37.1 Å². The first-order chi connectivity index (χ1) is 14.2. The highest BCUT2D eigenvalue weighted by Crippen LogP contribution is 2.30. The SMILES string of the molecule is CC(=O)Nc1ccc(C(=O)Nc2c(F)ccc(NS(=O)(=O)C3CCCC3)c2F)cn1. The minimum atomic E-state index is -3.83. The molecule has 8 nitrogen and oxygen atoms in total. The third-order valence-electron chi connectivity index (χ3n) is 4.65. The molecule has 1 aromatic heterocycles. The van der Waals surface area contributed by atoms with E-state index in [4.69, 9.17) is 0 Å². The van der Waals surface area contributed by atoms with Crippen molar-refractivity contribution >= 4 is 39.0 Å². The van der Waals surface area contributed by atoms with Gasteiger partial charge in [-0.25, -0.2) is 22.2 Å². The molecule has 0 radical (unpaired) electrons. The van der Waals surface area contributed by atoms with E-state index in [2.05, 4.69) is 20.3 Å². The summed E-state index contributed by atoms with van der Waals surface area (Å²) in [5.74, 6) is -3.29. The number of rotatable bonds is 6. The van der Waals surface area contributed by atoms with Crippen LogP contribution in [0.25, 0.3) is 0 Å². The van der Waals surface area contributed by atoms with Gasteiger partial charge in [0, 0.05) is 13.1 Å². The van der Waals surface area contributed by atoms with Gasteiger partial charge in [-0.15, -0.1) is 0 Å². The normalized spacial score (nSPS) is 14.4. The Labute approximate surface area is 172 Å². The molecule has 1 aliphatic rings. The molecule has 160 valence electrons. The Bertz CT molecular complexity index is 1070. The molecule has 1 aliphatic carbocycles. The summed E-state index contributed by atoms with van der Waals surface area (Å²) in [4.78, 5) is 27.2.